The van der Waals surface area contributed by atoms with Crippen LogP contribution in [-0.2, 0) is 4.79 Å². The fourth-order valence-corrected chi connectivity index (χ4v) is 2.56. The zero-order valence-electron chi connectivity index (χ0n) is 13.7. The fourth-order valence-electron chi connectivity index (χ4n) is 2.56. The van der Waals surface area contributed by atoms with Gasteiger partial charge in [0.15, 0.2) is 0 Å². The Morgan fingerprint density at radius 1 is 1.27 bits per heavy atom. The van der Waals surface area contributed by atoms with Crippen molar-refractivity contribution in [3.63, 3.8) is 0 Å². The Hall–Kier alpha value is -3.49. The summed E-state index contributed by atoms with van der Waals surface area (Å²) in [5.41, 5.74) is 5.78. The van der Waals surface area contributed by atoms with E-state index in [1.165, 1.54) is 18.3 Å². The third kappa shape index (κ3) is 3.77. The molecule has 1 aliphatic rings. The van der Waals surface area contributed by atoms with E-state index >= 15 is 0 Å². The van der Waals surface area contributed by atoms with Crippen LogP contribution in [0.4, 0.5) is 15.8 Å². The zero-order valence-corrected chi connectivity index (χ0v) is 13.7. The van der Waals surface area contributed by atoms with Gasteiger partial charge in [-0.05, 0) is 30.3 Å². The highest BCUT2D eigenvalue weighted by molar-refractivity contribution is 6.04. The lowest BCUT2D eigenvalue weighted by atomic mass is 10.1. The maximum Gasteiger partial charge on any atom is 0.274 e. The van der Waals surface area contributed by atoms with Crippen molar-refractivity contribution in [3.05, 3.63) is 53.6 Å². The highest BCUT2D eigenvalue weighted by Gasteiger charge is 2.19. The van der Waals surface area contributed by atoms with Crippen LogP contribution in [0, 0.1) is 5.82 Å². The summed E-state index contributed by atoms with van der Waals surface area (Å²) in [6.45, 7) is 1.29. The lowest BCUT2D eigenvalue weighted by Crippen LogP contribution is -2.47. The van der Waals surface area contributed by atoms with Crippen LogP contribution < -0.4 is 21.3 Å². The molecule has 2 heterocycles. The Kier molecular flexibility index (Phi) is 4.78. The number of carbonyl (C=O) groups is 3. The van der Waals surface area contributed by atoms with Gasteiger partial charge >= 0.3 is 0 Å². The molecule has 1 fully saturated rings. The molecular weight excluding hydrogens is 341 g/mol. The standard InChI is InChI=1S/C17H16FN5O3/c18-12-2-1-10(16(19)25)7-13(12)22-17(26)14-8-11(3-4-20-14)23-6-5-21-15(24)9-23/h1-4,7-8H,5-6,9H2,(H2,19,25)(H,21,24)(H,22,26). The molecule has 0 atom stereocenters. The van der Waals surface area contributed by atoms with E-state index in [0.717, 1.165) is 12.1 Å². The SMILES string of the molecule is NC(=O)c1ccc(F)c(NC(=O)c2cc(N3CCNC(=O)C3)ccn2)c1. The van der Waals surface area contributed by atoms with Crippen molar-refractivity contribution >= 4 is 29.1 Å². The molecule has 1 aliphatic heterocycles. The maximum absolute atomic E-state index is 13.9. The number of anilines is 2. The summed E-state index contributed by atoms with van der Waals surface area (Å²) in [4.78, 5) is 40.9. The molecule has 3 amide bonds. The number of nitrogens with two attached hydrogens (primary N) is 1. The number of hydrogen-bond acceptors (Lipinski definition) is 5. The number of rotatable bonds is 4. The summed E-state index contributed by atoms with van der Waals surface area (Å²) < 4.78 is 13.9. The van der Waals surface area contributed by atoms with Crippen LogP contribution in [0.25, 0.3) is 0 Å². The lowest BCUT2D eigenvalue weighted by Gasteiger charge is -2.28. The average Bonchev–Trinajstić information content (AvgIpc) is 2.63. The lowest BCUT2D eigenvalue weighted by molar-refractivity contribution is -0.120. The Bertz CT molecular complexity index is 886. The predicted octanol–water partition coefficient (Wildman–Crippen LogP) is 0.508. The molecule has 26 heavy (non-hydrogen) atoms. The van der Waals surface area contributed by atoms with E-state index in [1.54, 1.807) is 6.07 Å². The van der Waals surface area contributed by atoms with Gasteiger partial charge in [0.05, 0.1) is 12.2 Å². The monoisotopic (exact) mass is 357 g/mol. The van der Waals surface area contributed by atoms with E-state index < -0.39 is 17.6 Å². The number of nitrogens with zero attached hydrogens (tertiary/aromatic N) is 2. The molecular formula is C17H16FN5O3. The third-order valence-corrected chi connectivity index (χ3v) is 3.88. The molecule has 0 aliphatic carbocycles. The molecule has 0 spiro atoms. The summed E-state index contributed by atoms with van der Waals surface area (Å²) in [7, 11) is 0. The molecule has 0 unspecified atom stereocenters. The first-order valence-corrected chi connectivity index (χ1v) is 7.82. The van der Waals surface area contributed by atoms with Crippen molar-refractivity contribution in [2.45, 2.75) is 0 Å². The molecule has 0 bridgehead atoms. The van der Waals surface area contributed by atoms with Gasteiger partial charge in [0.1, 0.15) is 11.5 Å². The number of primary amides is 1. The number of amides is 3. The van der Waals surface area contributed by atoms with Crippen LogP contribution in [-0.4, -0.2) is 42.3 Å². The first kappa shape index (κ1) is 17.3. The summed E-state index contributed by atoms with van der Waals surface area (Å²) in [5, 5.41) is 5.10. The molecule has 4 N–H and O–H groups in total. The number of hydrogen-bond donors (Lipinski definition) is 3. The van der Waals surface area contributed by atoms with Gasteiger partial charge in [-0.2, -0.15) is 0 Å². The second-order valence-corrected chi connectivity index (χ2v) is 5.68. The fraction of sp³-hybridized carbons (Fsp3) is 0.176. The highest BCUT2D eigenvalue weighted by atomic mass is 19.1. The maximum atomic E-state index is 13.9. The Morgan fingerprint density at radius 2 is 2.08 bits per heavy atom. The van der Waals surface area contributed by atoms with Gasteiger partial charge in [-0.25, -0.2) is 4.39 Å². The van der Waals surface area contributed by atoms with Crippen molar-refractivity contribution in [1.82, 2.24) is 10.3 Å². The first-order chi connectivity index (χ1) is 12.4. The van der Waals surface area contributed by atoms with Crippen molar-refractivity contribution in [3.8, 4) is 0 Å². The number of benzene rings is 1. The molecule has 1 aromatic carbocycles. The number of nitrogens with one attached hydrogen (secondary N) is 2. The van der Waals surface area contributed by atoms with E-state index in [2.05, 4.69) is 15.6 Å². The van der Waals surface area contributed by atoms with Gasteiger partial charge in [0.25, 0.3) is 5.91 Å². The van der Waals surface area contributed by atoms with Gasteiger partial charge in [-0.1, -0.05) is 0 Å². The second kappa shape index (κ2) is 7.18. The summed E-state index contributed by atoms with van der Waals surface area (Å²) in [6, 6.07) is 6.64. The van der Waals surface area contributed by atoms with E-state index in [9.17, 15) is 18.8 Å². The van der Waals surface area contributed by atoms with Crippen LogP contribution in [0.1, 0.15) is 20.8 Å². The number of piperazine rings is 1. The summed E-state index contributed by atoms with van der Waals surface area (Å²) in [5.74, 6) is -2.19. The smallest absolute Gasteiger partial charge is 0.274 e. The predicted molar refractivity (Wildman–Crippen MR) is 92.3 cm³/mol. The van der Waals surface area contributed by atoms with Crippen LogP contribution >= 0.6 is 0 Å². The number of carbonyl (C=O) groups excluding carboxylic acids is 3. The highest BCUT2D eigenvalue weighted by Crippen LogP contribution is 2.19. The Labute approximate surface area is 148 Å². The van der Waals surface area contributed by atoms with Crippen molar-refractivity contribution in [2.75, 3.05) is 29.9 Å². The first-order valence-electron chi connectivity index (χ1n) is 7.82. The van der Waals surface area contributed by atoms with Crippen molar-refractivity contribution in [1.29, 1.82) is 0 Å². The van der Waals surface area contributed by atoms with E-state index in [4.69, 9.17) is 5.73 Å². The summed E-state index contributed by atoms with van der Waals surface area (Å²) in [6.07, 6.45) is 1.44. The molecule has 8 nitrogen and oxygen atoms in total. The van der Waals surface area contributed by atoms with Crippen LogP contribution in [0.5, 0.6) is 0 Å². The van der Waals surface area contributed by atoms with Crippen molar-refractivity contribution < 1.29 is 18.8 Å². The minimum absolute atomic E-state index is 0.0531. The van der Waals surface area contributed by atoms with Gasteiger partial charge < -0.3 is 21.3 Å². The second-order valence-electron chi connectivity index (χ2n) is 5.68. The molecule has 3 rings (SSSR count). The Morgan fingerprint density at radius 3 is 2.81 bits per heavy atom. The van der Waals surface area contributed by atoms with Gasteiger partial charge in [0, 0.05) is 30.5 Å². The van der Waals surface area contributed by atoms with Crippen molar-refractivity contribution in [2.24, 2.45) is 5.73 Å². The van der Waals surface area contributed by atoms with Gasteiger partial charge in [-0.15, -0.1) is 0 Å². The minimum Gasteiger partial charge on any atom is -0.366 e. The van der Waals surface area contributed by atoms with E-state index in [1.807, 2.05) is 4.90 Å². The minimum atomic E-state index is -0.732. The van der Waals surface area contributed by atoms with Gasteiger partial charge in [-0.3, -0.25) is 19.4 Å². The molecule has 0 radical (unpaired) electrons. The number of aromatic nitrogens is 1. The van der Waals surface area contributed by atoms with Gasteiger partial charge in [0.2, 0.25) is 11.8 Å². The van der Waals surface area contributed by atoms with E-state index in [0.29, 0.717) is 18.8 Å². The quantitative estimate of drug-likeness (QED) is 0.737. The molecule has 2 aromatic rings. The Balaban J connectivity index is 1.80. The zero-order chi connectivity index (χ0) is 18.7. The van der Waals surface area contributed by atoms with E-state index in [-0.39, 0.29) is 29.4 Å². The molecule has 1 aromatic heterocycles. The molecule has 134 valence electrons. The average molecular weight is 357 g/mol. The number of halogens is 1. The third-order valence-electron chi connectivity index (χ3n) is 3.88. The van der Waals surface area contributed by atoms with Crippen LogP contribution in [0.15, 0.2) is 36.5 Å². The largest absolute Gasteiger partial charge is 0.366 e. The molecule has 9 heteroatoms. The molecule has 0 saturated carbocycles. The normalized spacial score (nSPS) is 13.9. The van der Waals surface area contributed by atoms with Crippen LogP contribution in [0.3, 0.4) is 0 Å². The molecule has 1 saturated heterocycles. The topological polar surface area (TPSA) is 117 Å². The number of pyridine rings is 1. The summed E-state index contributed by atoms with van der Waals surface area (Å²) >= 11 is 0. The van der Waals surface area contributed by atoms with Crippen LogP contribution in [0.2, 0.25) is 0 Å².